The van der Waals surface area contributed by atoms with Gasteiger partial charge in [-0.25, -0.2) is 0 Å². The average Bonchev–Trinajstić information content (AvgIpc) is 2.78. The van der Waals surface area contributed by atoms with Gasteiger partial charge in [0.15, 0.2) is 0 Å². The van der Waals surface area contributed by atoms with Crippen molar-refractivity contribution in [3.05, 3.63) is 12.2 Å². The van der Waals surface area contributed by atoms with Crippen LogP contribution in [0, 0.1) is 5.92 Å². The zero-order chi connectivity index (χ0) is 11.4. The van der Waals surface area contributed by atoms with Crippen molar-refractivity contribution in [1.82, 2.24) is 10.2 Å². The van der Waals surface area contributed by atoms with Crippen LogP contribution in [-0.4, -0.2) is 37.0 Å². The molecule has 1 aliphatic heterocycles. The monoisotopic (exact) mass is 222 g/mol. The zero-order valence-corrected chi connectivity index (χ0v) is 10.1. The lowest BCUT2D eigenvalue weighted by molar-refractivity contribution is -0.136. The Morgan fingerprint density at radius 2 is 2.31 bits per heavy atom. The second kappa shape index (κ2) is 5.48. The highest BCUT2D eigenvalue weighted by Gasteiger charge is 2.32. The van der Waals surface area contributed by atoms with Gasteiger partial charge in [-0.05, 0) is 39.2 Å². The Morgan fingerprint density at radius 1 is 1.44 bits per heavy atom. The summed E-state index contributed by atoms with van der Waals surface area (Å²) in [6.07, 6.45) is 9.74. The van der Waals surface area contributed by atoms with Crippen molar-refractivity contribution in [3.8, 4) is 0 Å². The Balaban J connectivity index is 1.94. The number of hydrogen-bond acceptors (Lipinski definition) is 2. The number of rotatable bonds is 3. The summed E-state index contributed by atoms with van der Waals surface area (Å²) < 4.78 is 0. The fraction of sp³-hybridized carbons (Fsp3) is 0.769. The summed E-state index contributed by atoms with van der Waals surface area (Å²) in [5, 5.41) is 3.19. The van der Waals surface area contributed by atoms with Gasteiger partial charge in [-0.15, -0.1) is 0 Å². The van der Waals surface area contributed by atoms with Crippen LogP contribution in [-0.2, 0) is 4.79 Å². The highest BCUT2D eigenvalue weighted by Crippen LogP contribution is 2.25. The van der Waals surface area contributed by atoms with E-state index in [0.717, 1.165) is 38.8 Å². The molecule has 2 unspecified atom stereocenters. The molecule has 1 N–H and O–H groups in total. The molecular weight excluding hydrogens is 200 g/mol. The fourth-order valence-corrected chi connectivity index (χ4v) is 2.83. The number of allylic oxidation sites excluding steroid dienone is 2. The molecule has 1 fully saturated rings. The van der Waals surface area contributed by atoms with Gasteiger partial charge in [0, 0.05) is 25.0 Å². The van der Waals surface area contributed by atoms with E-state index in [1.165, 1.54) is 6.42 Å². The SMILES string of the molecule is CNCC1CCCN1C(=O)C1CC=CCC1. The highest BCUT2D eigenvalue weighted by atomic mass is 16.2. The quantitative estimate of drug-likeness (QED) is 0.735. The van der Waals surface area contributed by atoms with Crippen LogP contribution in [0.15, 0.2) is 12.2 Å². The van der Waals surface area contributed by atoms with Gasteiger partial charge in [-0.1, -0.05) is 12.2 Å². The number of carbonyl (C=O) groups excluding carboxylic acids is 1. The Labute approximate surface area is 97.9 Å². The number of likely N-dealkylation sites (N-methyl/N-ethyl adjacent to an activating group) is 1. The van der Waals surface area contributed by atoms with Crippen LogP contribution in [0.5, 0.6) is 0 Å². The lowest BCUT2D eigenvalue weighted by atomic mass is 9.93. The Bertz CT molecular complexity index is 275. The Hall–Kier alpha value is -0.830. The molecule has 90 valence electrons. The van der Waals surface area contributed by atoms with Crippen LogP contribution >= 0.6 is 0 Å². The van der Waals surface area contributed by atoms with Crippen molar-refractivity contribution in [3.63, 3.8) is 0 Å². The van der Waals surface area contributed by atoms with Gasteiger partial charge in [-0.2, -0.15) is 0 Å². The number of nitrogens with zero attached hydrogens (tertiary/aromatic N) is 1. The third-order valence-electron chi connectivity index (χ3n) is 3.72. The third-order valence-corrected chi connectivity index (χ3v) is 3.72. The minimum absolute atomic E-state index is 0.252. The summed E-state index contributed by atoms with van der Waals surface area (Å²) in [4.78, 5) is 14.5. The molecule has 2 aliphatic rings. The first kappa shape index (κ1) is 11.6. The Kier molecular flexibility index (Phi) is 3.99. The van der Waals surface area contributed by atoms with E-state index in [1.807, 2.05) is 7.05 Å². The summed E-state index contributed by atoms with van der Waals surface area (Å²) >= 11 is 0. The summed E-state index contributed by atoms with van der Waals surface area (Å²) in [6.45, 7) is 1.90. The second-order valence-corrected chi connectivity index (χ2v) is 4.87. The molecule has 1 saturated heterocycles. The van der Waals surface area contributed by atoms with Gasteiger partial charge in [0.05, 0.1) is 0 Å². The molecule has 0 aromatic heterocycles. The van der Waals surface area contributed by atoms with Crippen molar-refractivity contribution < 1.29 is 4.79 Å². The maximum Gasteiger partial charge on any atom is 0.226 e. The van der Waals surface area contributed by atoms with Crippen molar-refractivity contribution in [2.45, 2.75) is 38.1 Å². The van der Waals surface area contributed by atoms with E-state index in [0.29, 0.717) is 11.9 Å². The topological polar surface area (TPSA) is 32.3 Å². The van der Waals surface area contributed by atoms with Gasteiger partial charge in [0.25, 0.3) is 0 Å². The summed E-state index contributed by atoms with van der Waals surface area (Å²) in [7, 11) is 1.96. The first-order valence-electron chi connectivity index (χ1n) is 6.43. The summed E-state index contributed by atoms with van der Waals surface area (Å²) in [5.74, 6) is 0.643. The number of likely N-dealkylation sites (tertiary alicyclic amines) is 1. The summed E-state index contributed by atoms with van der Waals surface area (Å²) in [5.41, 5.74) is 0. The molecule has 2 atom stereocenters. The van der Waals surface area contributed by atoms with Crippen molar-refractivity contribution in [1.29, 1.82) is 0 Å². The standard InChI is InChI=1S/C13H22N2O/c1-14-10-12-8-5-9-15(12)13(16)11-6-3-2-4-7-11/h2-3,11-12,14H,4-10H2,1H3. The van der Waals surface area contributed by atoms with Crippen LogP contribution in [0.3, 0.4) is 0 Å². The number of amides is 1. The van der Waals surface area contributed by atoms with Crippen LogP contribution in [0.4, 0.5) is 0 Å². The largest absolute Gasteiger partial charge is 0.338 e. The van der Waals surface area contributed by atoms with Crippen LogP contribution in [0.2, 0.25) is 0 Å². The number of nitrogens with one attached hydrogen (secondary N) is 1. The lowest BCUT2D eigenvalue weighted by Crippen LogP contribution is -2.43. The lowest BCUT2D eigenvalue weighted by Gasteiger charge is -2.29. The van der Waals surface area contributed by atoms with Gasteiger partial charge in [0.1, 0.15) is 0 Å². The molecule has 1 aliphatic carbocycles. The fourth-order valence-electron chi connectivity index (χ4n) is 2.83. The van der Waals surface area contributed by atoms with Crippen molar-refractivity contribution >= 4 is 5.91 Å². The average molecular weight is 222 g/mol. The van der Waals surface area contributed by atoms with E-state index in [-0.39, 0.29) is 5.92 Å². The molecule has 0 radical (unpaired) electrons. The first-order valence-corrected chi connectivity index (χ1v) is 6.43. The maximum atomic E-state index is 12.3. The van der Waals surface area contributed by atoms with E-state index in [2.05, 4.69) is 22.4 Å². The summed E-state index contributed by atoms with van der Waals surface area (Å²) in [6, 6.07) is 0.434. The number of carbonyl (C=O) groups is 1. The van der Waals surface area contributed by atoms with Crippen LogP contribution in [0.25, 0.3) is 0 Å². The minimum atomic E-state index is 0.252. The van der Waals surface area contributed by atoms with E-state index in [9.17, 15) is 4.79 Å². The minimum Gasteiger partial charge on any atom is -0.338 e. The smallest absolute Gasteiger partial charge is 0.226 e. The first-order chi connectivity index (χ1) is 7.83. The van der Waals surface area contributed by atoms with Gasteiger partial charge in [-0.3, -0.25) is 4.79 Å². The molecule has 0 bridgehead atoms. The predicted octanol–water partition coefficient (Wildman–Crippen LogP) is 1.55. The molecule has 3 nitrogen and oxygen atoms in total. The van der Waals surface area contributed by atoms with Gasteiger partial charge < -0.3 is 10.2 Å². The molecule has 0 saturated carbocycles. The van der Waals surface area contributed by atoms with Crippen molar-refractivity contribution in [2.75, 3.05) is 20.1 Å². The van der Waals surface area contributed by atoms with Crippen molar-refractivity contribution in [2.24, 2.45) is 5.92 Å². The van der Waals surface area contributed by atoms with E-state index < -0.39 is 0 Å². The van der Waals surface area contributed by atoms with Gasteiger partial charge in [0.2, 0.25) is 5.91 Å². The van der Waals surface area contributed by atoms with E-state index >= 15 is 0 Å². The van der Waals surface area contributed by atoms with Crippen LogP contribution < -0.4 is 5.32 Å². The molecule has 0 aromatic carbocycles. The third kappa shape index (κ3) is 2.46. The van der Waals surface area contributed by atoms with E-state index in [4.69, 9.17) is 0 Å². The van der Waals surface area contributed by atoms with E-state index in [1.54, 1.807) is 0 Å². The molecule has 2 rings (SSSR count). The molecule has 0 spiro atoms. The normalized spacial score (nSPS) is 29.7. The zero-order valence-electron chi connectivity index (χ0n) is 10.1. The Morgan fingerprint density at radius 3 is 3.00 bits per heavy atom. The van der Waals surface area contributed by atoms with Gasteiger partial charge >= 0.3 is 0 Å². The molecule has 0 aromatic rings. The molecule has 1 heterocycles. The molecule has 1 amide bonds. The molecular formula is C13H22N2O. The molecule has 3 heteroatoms. The maximum absolute atomic E-state index is 12.3. The number of hydrogen-bond donors (Lipinski definition) is 1. The highest BCUT2D eigenvalue weighted by molar-refractivity contribution is 5.79. The predicted molar refractivity (Wildman–Crippen MR) is 65.1 cm³/mol. The van der Waals surface area contributed by atoms with Crippen LogP contribution in [0.1, 0.15) is 32.1 Å². The second-order valence-electron chi connectivity index (χ2n) is 4.87. The molecule has 16 heavy (non-hydrogen) atoms.